The maximum absolute atomic E-state index is 13.4. The average molecular weight is 541 g/mol. The molecule has 1 aromatic carbocycles. The van der Waals surface area contributed by atoms with Gasteiger partial charge in [-0.3, -0.25) is 35.1 Å². The molecule has 0 bridgehead atoms. The summed E-state index contributed by atoms with van der Waals surface area (Å²) in [6.07, 6.45) is 1.08. The van der Waals surface area contributed by atoms with Crippen LogP contribution >= 0.6 is 0 Å². The van der Waals surface area contributed by atoms with Crippen LogP contribution in [0, 0.1) is 0 Å². The van der Waals surface area contributed by atoms with Crippen LogP contribution < -0.4 is 27.4 Å². The first-order valence-electron chi connectivity index (χ1n) is 12.8. The number of hydrogen-bond acceptors (Lipinski definition) is 11. The van der Waals surface area contributed by atoms with Crippen molar-refractivity contribution in [3.05, 3.63) is 35.4 Å². The standard InChI is InChI=1S/C24H29N9O6/c25-21-29-18-14(10-32-16(34)6-7-17(32)35)27-22(26)33-11-15(24(38,39)23(18,33)30-21)28-19(36)12-4-1-2-5-13(12)20(37)31-8-3-9-31/h1-2,4-5,14-15,18,38-39H,3,6-11H2,(H6,25,26,27,28,29,30,36)/p+1/t14-,15?,18-,23-/m0/s1. The van der Waals surface area contributed by atoms with Gasteiger partial charge in [-0.2, -0.15) is 0 Å². The fourth-order valence-electron chi connectivity index (χ4n) is 6.12. The van der Waals surface area contributed by atoms with Gasteiger partial charge in [-0.15, -0.1) is 0 Å². The van der Waals surface area contributed by atoms with E-state index in [9.17, 15) is 29.4 Å². The highest BCUT2D eigenvalue weighted by molar-refractivity contribution is 6.07. The number of nitrogens with one attached hydrogen (secondary N) is 3. The molecule has 15 heteroatoms. The number of aliphatic imine (C=N–C) groups is 1. The minimum Gasteiger partial charge on any atom is -0.370 e. The largest absolute Gasteiger partial charge is 0.370 e. The third-order valence-electron chi connectivity index (χ3n) is 8.25. The van der Waals surface area contributed by atoms with Gasteiger partial charge in [0.1, 0.15) is 18.1 Å². The number of benzene rings is 1. The Morgan fingerprint density at radius 3 is 2.44 bits per heavy atom. The molecule has 0 aliphatic carbocycles. The predicted molar refractivity (Wildman–Crippen MR) is 134 cm³/mol. The van der Waals surface area contributed by atoms with E-state index in [-0.39, 0.29) is 66.7 Å². The Morgan fingerprint density at radius 2 is 1.79 bits per heavy atom. The van der Waals surface area contributed by atoms with Gasteiger partial charge < -0.3 is 31.5 Å². The number of guanidine groups is 2. The van der Waals surface area contributed by atoms with Crippen molar-refractivity contribution in [2.24, 2.45) is 16.5 Å². The maximum atomic E-state index is 13.4. The normalized spacial score (nSPS) is 30.7. The van der Waals surface area contributed by atoms with Crippen molar-refractivity contribution in [3.8, 4) is 0 Å². The van der Waals surface area contributed by atoms with Gasteiger partial charge in [-0.25, -0.2) is 9.57 Å². The van der Waals surface area contributed by atoms with Gasteiger partial charge >= 0.3 is 5.96 Å². The summed E-state index contributed by atoms with van der Waals surface area (Å²) in [7, 11) is 0. The monoisotopic (exact) mass is 540 g/mol. The Hall–Kier alpha value is -4.24. The van der Waals surface area contributed by atoms with Crippen molar-refractivity contribution in [1.82, 2.24) is 25.8 Å². The highest BCUT2D eigenvalue weighted by Gasteiger charge is 2.75. The van der Waals surface area contributed by atoms with Crippen molar-refractivity contribution in [3.63, 3.8) is 0 Å². The van der Waals surface area contributed by atoms with Crippen LogP contribution in [0.5, 0.6) is 0 Å². The average Bonchev–Trinajstić information content (AvgIpc) is 3.46. The summed E-state index contributed by atoms with van der Waals surface area (Å²) in [5.74, 6) is -4.40. The number of amides is 4. The quantitative estimate of drug-likeness (QED) is 0.108. The van der Waals surface area contributed by atoms with E-state index in [1.807, 2.05) is 0 Å². The van der Waals surface area contributed by atoms with E-state index in [1.165, 1.54) is 10.6 Å². The molecule has 39 heavy (non-hydrogen) atoms. The molecule has 15 nitrogen and oxygen atoms in total. The van der Waals surface area contributed by atoms with Gasteiger partial charge in [0.25, 0.3) is 11.8 Å². The summed E-state index contributed by atoms with van der Waals surface area (Å²) in [6, 6.07) is 3.22. The molecule has 9 N–H and O–H groups in total. The smallest absolute Gasteiger partial charge is 0.346 e. The molecular weight excluding hydrogens is 510 g/mol. The summed E-state index contributed by atoms with van der Waals surface area (Å²) in [5, 5.41) is 31.8. The molecule has 0 radical (unpaired) electrons. The summed E-state index contributed by atoms with van der Waals surface area (Å²) < 4.78 is 1.42. The van der Waals surface area contributed by atoms with E-state index < -0.39 is 35.5 Å². The second-order valence-corrected chi connectivity index (χ2v) is 10.4. The molecular formula is C24H30N9O6+. The molecule has 1 aromatic rings. The van der Waals surface area contributed by atoms with E-state index in [0.29, 0.717) is 13.1 Å². The maximum Gasteiger partial charge on any atom is 0.346 e. The molecule has 1 spiro atoms. The molecule has 5 heterocycles. The van der Waals surface area contributed by atoms with Crippen molar-refractivity contribution >= 4 is 35.5 Å². The van der Waals surface area contributed by atoms with E-state index in [2.05, 4.69) is 20.9 Å². The first-order valence-corrected chi connectivity index (χ1v) is 12.8. The third kappa shape index (κ3) is 3.56. The Morgan fingerprint density at radius 1 is 1.13 bits per heavy atom. The van der Waals surface area contributed by atoms with Crippen molar-refractivity contribution in [2.75, 3.05) is 26.2 Å². The van der Waals surface area contributed by atoms with Crippen molar-refractivity contribution in [1.29, 1.82) is 0 Å². The summed E-state index contributed by atoms with van der Waals surface area (Å²) in [6.45, 7) is 0.950. The van der Waals surface area contributed by atoms with Crippen LogP contribution in [0.4, 0.5) is 0 Å². The number of likely N-dealkylation sites (tertiary alicyclic amines) is 2. The minimum atomic E-state index is -2.68. The molecule has 4 amide bonds. The first kappa shape index (κ1) is 25.1. The SMILES string of the molecule is NC1=N[C@H]2[C@H](CN3C(=O)CCC3=O)NC(N)=[N+]3CC(NC(=O)c4ccccc4C(=O)N4CCC4)C(O)(O)[C@]23N1. The van der Waals surface area contributed by atoms with Gasteiger partial charge in [0.2, 0.25) is 23.3 Å². The van der Waals surface area contributed by atoms with E-state index in [0.717, 1.165) is 11.3 Å². The van der Waals surface area contributed by atoms with Crippen LogP contribution in [0.15, 0.2) is 29.3 Å². The Balaban J connectivity index is 1.30. The zero-order valence-corrected chi connectivity index (χ0v) is 21.0. The summed E-state index contributed by atoms with van der Waals surface area (Å²) >= 11 is 0. The third-order valence-corrected chi connectivity index (χ3v) is 8.25. The lowest BCUT2D eigenvalue weighted by molar-refractivity contribution is -0.623. The summed E-state index contributed by atoms with van der Waals surface area (Å²) in [4.78, 5) is 58.0. The predicted octanol–water partition coefficient (Wildman–Crippen LogP) is -4.24. The Bertz CT molecular complexity index is 1340. The highest BCUT2D eigenvalue weighted by atomic mass is 16.5. The molecule has 3 fully saturated rings. The van der Waals surface area contributed by atoms with Gasteiger partial charge in [0.15, 0.2) is 5.96 Å². The molecule has 1 unspecified atom stereocenters. The van der Waals surface area contributed by atoms with Gasteiger partial charge in [-0.1, -0.05) is 12.1 Å². The van der Waals surface area contributed by atoms with Crippen LogP contribution in [0.2, 0.25) is 0 Å². The Kier molecular flexibility index (Phi) is 5.55. The van der Waals surface area contributed by atoms with E-state index >= 15 is 0 Å². The molecule has 6 rings (SSSR count). The van der Waals surface area contributed by atoms with Gasteiger partial charge in [0, 0.05) is 25.9 Å². The van der Waals surface area contributed by atoms with Gasteiger partial charge in [-0.05, 0) is 18.6 Å². The fourth-order valence-corrected chi connectivity index (χ4v) is 6.12. The highest BCUT2D eigenvalue weighted by Crippen LogP contribution is 2.41. The van der Waals surface area contributed by atoms with Crippen LogP contribution in [0.3, 0.4) is 0 Å². The van der Waals surface area contributed by atoms with Crippen molar-refractivity contribution in [2.45, 2.75) is 48.8 Å². The van der Waals surface area contributed by atoms with Crippen LogP contribution in [0.1, 0.15) is 40.0 Å². The lowest BCUT2D eigenvalue weighted by Gasteiger charge is -2.44. The zero-order valence-electron chi connectivity index (χ0n) is 21.0. The molecule has 206 valence electrons. The fraction of sp³-hybridized carbons (Fsp3) is 0.500. The first-order chi connectivity index (χ1) is 18.5. The molecule has 5 aliphatic rings. The van der Waals surface area contributed by atoms with Crippen LogP contribution in [-0.4, -0.2) is 116 Å². The van der Waals surface area contributed by atoms with Gasteiger partial charge in [0.05, 0.1) is 24.2 Å². The van der Waals surface area contributed by atoms with Crippen LogP contribution in [-0.2, 0) is 9.59 Å². The lowest BCUT2D eigenvalue weighted by atomic mass is 9.85. The molecule has 0 saturated carbocycles. The number of imide groups is 1. The number of hydrogen-bond donors (Lipinski definition) is 7. The van der Waals surface area contributed by atoms with E-state index in [1.54, 1.807) is 23.1 Å². The van der Waals surface area contributed by atoms with Crippen LogP contribution in [0.25, 0.3) is 0 Å². The molecule has 5 aliphatic heterocycles. The lowest BCUT2D eigenvalue weighted by Crippen LogP contribution is -2.79. The zero-order chi connectivity index (χ0) is 27.7. The van der Waals surface area contributed by atoms with Crippen molar-refractivity contribution < 1.29 is 34.0 Å². The van der Waals surface area contributed by atoms with E-state index in [4.69, 9.17) is 11.5 Å². The molecule has 0 aromatic heterocycles. The molecule has 3 saturated heterocycles. The number of rotatable bonds is 5. The molecule has 4 atom stereocenters. The number of carbonyl (C=O) groups excluding carboxylic acids is 4. The number of nitrogens with two attached hydrogens (primary N) is 2. The number of aliphatic hydroxyl groups is 2. The number of carbonyl (C=O) groups is 4. The Labute approximate surface area is 222 Å². The minimum absolute atomic E-state index is 0.0188. The summed E-state index contributed by atoms with van der Waals surface area (Å²) in [5.41, 5.74) is 10.8. The second kappa shape index (κ2) is 8.64. The number of nitrogens with zero attached hydrogens (tertiary/aromatic N) is 4. The second-order valence-electron chi connectivity index (χ2n) is 10.4. The topological polar surface area (TPSA) is 219 Å².